The molecule has 1 amide bonds. The zero-order valence-electron chi connectivity index (χ0n) is 16.4. The van der Waals surface area contributed by atoms with Crippen LogP contribution in [0.2, 0.25) is 0 Å². The van der Waals surface area contributed by atoms with Crippen LogP contribution in [0.4, 0.5) is 0 Å². The molecule has 0 atom stereocenters. The molecule has 8 nitrogen and oxygen atoms in total. The average molecular weight is 410 g/mol. The Kier molecular flexibility index (Phi) is 6.96. The van der Waals surface area contributed by atoms with Gasteiger partial charge < -0.3 is 14.8 Å². The van der Waals surface area contributed by atoms with Crippen LogP contribution in [-0.4, -0.2) is 56.2 Å². The number of nitrogens with one attached hydrogen (secondary N) is 1. The molecule has 2 aromatic heterocycles. The molecule has 3 heterocycles. The summed E-state index contributed by atoms with van der Waals surface area (Å²) < 4.78 is 1.97. The Morgan fingerprint density at radius 3 is 3.00 bits per heavy atom. The smallest absolute Gasteiger partial charge is 0.234 e. The number of carbonyl (C=O) groups is 1. The Morgan fingerprint density at radius 2 is 2.24 bits per heavy atom. The molecule has 1 aliphatic heterocycles. The summed E-state index contributed by atoms with van der Waals surface area (Å²) in [5, 5.41) is 12.1. The number of carbonyl (C=O) groups excluding carboxylic acids is 1. The number of aromatic nitrogens is 4. The Hall–Kier alpha value is -3.20. The van der Waals surface area contributed by atoms with E-state index in [1.807, 2.05) is 48.9 Å². The van der Waals surface area contributed by atoms with Crippen molar-refractivity contribution in [2.45, 2.75) is 18.6 Å². The molecule has 0 bridgehead atoms. The van der Waals surface area contributed by atoms with Crippen LogP contribution in [0, 0.1) is 0 Å². The van der Waals surface area contributed by atoms with E-state index < -0.39 is 0 Å². The van der Waals surface area contributed by atoms with E-state index >= 15 is 0 Å². The van der Waals surface area contributed by atoms with Crippen molar-refractivity contribution < 1.29 is 4.79 Å². The lowest BCUT2D eigenvalue weighted by Crippen LogP contribution is -2.29. The van der Waals surface area contributed by atoms with Crippen LogP contribution >= 0.6 is 11.8 Å². The van der Waals surface area contributed by atoms with Gasteiger partial charge in [0.15, 0.2) is 11.0 Å². The second-order valence-corrected chi connectivity index (χ2v) is 7.12. The largest absolute Gasteiger partial charge is 0.335 e. The molecular formula is C20H23N7OS. The van der Waals surface area contributed by atoms with Gasteiger partial charge in [0.05, 0.1) is 30.0 Å². The fourth-order valence-corrected chi connectivity index (χ4v) is 3.43. The second-order valence-electron chi connectivity index (χ2n) is 6.18. The summed E-state index contributed by atoms with van der Waals surface area (Å²) in [5.41, 5.74) is 2.19. The Bertz CT molecular complexity index is 962. The maximum absolute atomic E-state index is 12.5. The van der Waals surface area contributed by atoms with E-state index in [2.05, 4.69) is 32.1 Å². The summed E-state index contributed by atoms with van der Waals surface area (Å²) in [6.45, 7) is 7.32. The van der Waals surface area contributed by atoms with Crippen molar-refractivity contribution in [1.29, 1.82) is 0 Å². The number of aliphatic imine (C=N–C) groups is 1. The van der Waals surface area contributed by atoms with Gasteiger partial charge in [-0.1, -0.05) is 30.5 Å². The van der Waals surface area contributed by atoms with Crippen molar-refractivity contribution in [3.05, 3.63) is 60.7 Å². The van der Waals surface area contributed by atoms with E-state index in [1.54, 1.807) is 23.6 Å². The molecule has 0 spiro atoms. The van der Waals surface area contributed by atoms with Crippen molar-refractivity contribution in [2.24, 2.45) is 4.99 Å². The van der Waals surface area contributed by atoms with Crippen molar-refractivity contribution in [1.82, 2.24) is 30.0 Å². The van der Waals surface area contributed by atoms with E-state index in [0.717, 1.165) is 11.4 Å². The quantitative estimate of drug-likeness (QED) is 0.738. The maximum Gasteiger partial charge on any atom is 0.234 e. The summed E-state index contributed by atoms with van der Waals surface area (Å²) >= 11 is 1.34. The molecule has 0 radical (unpaired) electrons. The second kappa shape index (κ2) is 9.83. The number of likely N-dealkylation sites (N-methyl/N-ethyl adjacent to an activating group) is 1. The van der Waals surface area contributed by atoms with Gasteiger partial charge >= 0.3 is 0 Å². The van der Waals surface area contributed by atoms with Crippen LogP contribution < -0.4 is 5.32 Å². The molecule has 0 saturated carbocycles. The van der Waals surface area contributed by atoms with Gasteiger partial charge in [0.1, 0.15) is 0 Å². The van der Waals surface area contributed by atoms with Crippen LogP contribution in [0.5, 0.6) is 0 Å². The van der Waals surface area contributed by atoms with Gasteiger partial charge in [-0.3, -0.25) is 14.8 Å². The SMILES string of the molecule is C=C1/C(NC(=O)CSc2nnc(-c3cccnc3)n2CC)=C\C=C/CN=CN1C. The topological polar surface area (TPSA) is 88.3 Å². The summed E-state index contributed by atoms with van der Waals surface area (Å²) in [5.74, 6) is 0.799. The first kappa shape index (κ1) is 20.5. The predicted molar refractivity (Wildman–Crippen MR) is 115 cm³/mol. The lowest BCUT2D eigenvalue weighted by molar-refractivity contribution is -0.117. The van der Waals surface area contributed by atoms with E-state index in [4.69, 9.17) is 0 Å². The van der Waals surface area contributed by atoms with Gasteiger partial charge in [-0.15, -0.1) is 10.2 Å². The van der Waals surface area contributed by atoms with Gasteiger partial charge in [-0.25, -0.2) is 0 Å². The highest BCUT2D eigenvalue weighted by Gasteiger charge is 2.16. The Balaban J connectivity index is 1.67. The first-order chi connectivity index (χ1) is 14.1. The highest BCUT2D eigenvalue weighted by atomic mass is 32.2. The van der Waals surface area contributed by atoms with Crippen LogP contribution in [0.25, 0.3) is 11.4 Å². The van der Waals surface area contributed by atoms with Crippen molar-refractivity contribution in [3.8, 4) is 11.4 Å². The Labute approximate surface area is 174 Å². The molecule has 0 aliphatic carbocycles. The maximum atomic E-state index is 12.5. The van der Waals surface area contributed by atoms with Crippen LogP contribution in [0.15, 0.2) is 70.9 Å². The molecule has 150 valence electrons. The van der Waals surface area contributed by atoms with E-state index in [9.17, 15) is 4.79 Å². The van der Waals surface area contributed by atoms with Crippen molar-refractivity contribution in [3.63, 3.8) is 0 Å². The van der Waals surface area contributed by atoms with Gasteiger partial charge in [0, 0.05) is 31.5 Å². The molecule has 1 aliphatic rings. The van der Waals surface area contributed by atoms with Crippen LogP contribution in [0.3, 0.4) is 0 Å². The first-order valence-corrected chi connectivity index (χ1v) is 10.1. The first-order valence-electron chi connectivity index (χ1n) is 9.15. The molecule has 0 fully saturated rings. The molecular weight excluding hydrogens is 386 g/mol. The fraction of sp³-hybridized carbons (Fsp3) is 0.250. The normalized spacial score (nSPS) is 17.1. The third-order valence-electron chi connectivity index (χ3n) is 4.16. The molecule has 1 N–H and O–H groups in total. The van der Waals surface area contributed by atoms with Crippen LogP contribution in [-0.2, 0) is 11.3 Å². The number of pyridine rings is 1. The zero-order valence-corrected chi connectivity index (χ0v) is 17.3. The van der Waals surface area contributed by atoms with Crippen molar-refractivity contribution >= 4 is 24.0 Å². The minimum absolute atomic E-state index is 0.144. The minimum atomic E-state index is -0.144. The standard InChI is InChI=1S/C20H23N7OS/c1-4-27-19(16-8-7-11-21-12-16)24-25-20(27)29-13-18(28)23-17-9-5-6-10-22-14-26(3)15(17)2/h5-9,11-12,14H,2,4,10,13H2,1,3H3,(H,23,28)/b6-5-,17-9+,22-14?. The highest BCUT2D eigenvalue weighted by molar-refractivity contribution is 7.99. The monoisotopic (exact) mass is 409 g/mol. The lowest BCUT2D eigenvalue weighted by atomic mass is 10.3. The highest BCUT2D eigenvalue weighted by Crippen LogP contribution is 2.23. The molecule has 29 heavy (non-hydrogen) atoms. The zero-order chi connectivity index (χ0) is 20.6. The third-order valence-corrected chi connectivity index (χ3v) is 5.13. The number of hydrogen-bond donors (Lipinski definition) is 1. The molecule has 3 rings (SSSR count). The average Bonchev–Trinajstić information content (AvgIpc) is 3.18. The van der Waals surface area contributed by atoms with E-state index in [0.29, 0.717) is 29.6 Å². The van der Waals surface area contributed by atoms with Crippen molar-refractivity contribution in [2.75, 3.05) is 19.3 Å². The van der Waals surface area contributed by atoms with Crippen LogP contribution in [0.1, 0.15) is 6.92 Å². The lowest BCUT2D eigenvalue weighted by Gasteiger charge is -2.19. The number of allylic oxidation sites excluding steroid dienone is 2. The number of thioether (sulfide) groups is 1. The van der Waals surface area contributed by atoms with Gasteiger partial charge in [0.2, 0.25) is 5.91 Å². The number of hydrogen-bond acceptors (Lipinski definition) is 7. The van der Waals surface area contributed by atoms with Gasteiger partial charge in [-0.05, 0) is 25.1 Å². The summed E-state index contributed by atoms with van der Waals surface area (Å²) in [7, 11) is 1.84. The fourth-order valence-electron chi connectivity index (χ4n) is 2.63. The summed E-state index contributed by atoms with van der Waals surface area (Å²) in [6, 6.07) is 3.80. The number of amides is 1. The number of rotatable bonds is 6. The molecule has 0 aromatic carbocycles. The summed E-state index contributed by atoms with van der Waals surface area (Å²) in [6.07, 6.45) is 10.8. The van der Waals surface area contributed by atoms with E-state index in [1.165, 1.54) is 11.8 Å². The molecule has 2 aromatic rings. The minimum Gasteiger partial charge on any atom is -0.335 e. The van der Waals surface area contributed by atoms with E-state index in [-0.39, 0.29) is 11.7 Å². The third kappa shape index (κ3) is 5.20. The molecule has 0 saturated heterocycles. The van der Waals surface area contributed by atoms with Gasteiger partial charge in [-0.2, -0.15) is 0 Å². The Morgan fingerprint density at radius 1 is 1.38 bits per heavy atom. The molecule has 9 heteroatoms. The van der Waals surface area contributed by atoms with Gasteiger partial charge in [0.25, 0.3) is 0 Å². The molecule has 0 unspecified atom stereocenters. The number of nitrogens with zero attached hydrogens (tertiary/aromatic N) is 6. The summed E-state index contributed by atoms with van der Waals surface area (Å²) in [4.78, 5) is 22.7. The predicted octanol–water partition coefficient (Wildman–Crippen LogP) is 2.50.